The van der Waals surface area contributed by atoms with Gasteiger partial charge in [-0.3, -0.25) is 0 Å². The summed E-state index contributed by atoms with van der Waals surface area (Å²) in [4.78, 5) is 0. The quantitative estimate of drug-likeness (QED) is 0.669. The highest BCUT2D eigenvalue weighted by atomic mass is 19.3. The van der Waals surface area contributed by atoms with Gasteiger partial charge in [-0.25, -0.2) is 13.5 Å². The van der Waals surface area contributed by atoms with Crippen LogP contribution in [0.4, 0.5) is 14.6 Å². The minimum atomic E-state index is -2.88. The van der Waals surface area contributed by atoms with Gasteiger partial charge in [-0.05, 0) is 0 Å². The number of nitrogens with one attached hydrogen (secondary N) is 2. The summed E-state index contributed by atoms with van der Waals surface area (Å²) in [6.45, 7) is 0.530. The van der Waals surface area contributed by atoms with Crippen LogP contribution >= 0.6 is 0 Å². The van der Waals surface area contributed by atoms with Crippen molar-refractivity contribution in [3.05, 3.63) is 12.3 Å². The lowest BCUT2D eigenvalue weighted by Crippen LogP contribution is -2.44. The van der Waals surface area contributed by atoms with Gasteiger partial charge >= 0.3 is 0 Å². The standard InChI is InChI=1S/C9H15F2N5/c10-9(11,5-12)6-14-8-1-2-15-16(8)7-3-13-4-7/h1-2,7,13-14H,3-6,12H2. The topological polar surface area (TPSA) is 67.9 Å². The van der Waals surface area contributed by atoms with Gasteiger partial charge < -0.3 is 16.4 Å². The largest absolute Gasteiger partial charge is 0.364 e. The molecule has 16 heavy (non-hydrogen) atoms. The molecule has 0 bridgehead atoms. The summed E-state index contributed by atoms with van der Waals surface area (Å²) in [6.07, 6.45) is 1.60. The molecule has 5 nitrogen and oxygen atoms in total. The van der Waals surface area contributed by atoms with Crippen LogP contribution in [0.1, 0.15) is 6.04 Å². The predicted octanol–water partition coefficient (Wildman–Crippen LogP) is 0.0333. The highest BCUT2D eigenvalue weighted by Gasteiger charge is 2.28. The van der Waals surface area contributed by atoms with Crippen LogP contribution in [0.5, 0.6) is 0 Å². The van der Waals surface area contributed by atoms with Gasteiger partial charge in [0, 0.05) is 19.2 Å². The first-order chi connectivity index (χ1) is 7.62. The van der Waals surface area contributed by atoms with Gasteiger partial charge in [0.15, 0.2) is 0 Å². The van der Waals surface area contributed by atoms with Gasteiger partial charge in [0.2, 0.25) is 0 Å². The molecule has 90 valence electrons. The average Bonchev–Trinajstić information content (AvgIpc) is 2.61. The summed E-state index contributed by atoms with van der Waals surface area (Å²) in [5, 5.41) is 9.88. The molecule has 1 aliphatic rings. The number of hydrogen-bond donors (Lipinski definition) is 3. The number of halogens is 2. The van der Waals surface area contributed by atoms with Crippen molar-refractivity contribution >= 4 is 5.82 Å². The van der Waals surface area contributed by atoms with E-state index in [1.54, 1.807) is 16.9 Å². The van der Waals surface area contributed by atoms with Crippen LogP contribution in [0.3, 0.4) is 0 Å². The van der Waals surface area contributed by atoms with E-state index in [2.05, 4.69) is 15.7 Å². The summed E-state index contributed by atoms with van der Waals surface area (Å²) in [6, 6.07) is 1.94. The molecule has 0 unspecified atom stereocenters. The summed E-state index contributed by atoms with van der Waals surface area (Å²) in [5.74, 6) is -2.27. The van der Waals surface area contributed by atoms with E-state index in [1.807, 2.05) is 0 Å². The Morgan fingerprint density at radius 1 is 1.62 bits per heavy atom. The molecule has 1 saturated heterocycles. The maximum Gasteiger partial charge on any atom is 0.276 e. The van der Waals surface area contributed by atoms with Crippen LogP contribution in [0.2, 0.25) is 0 Å². The molecule has 7 heteroatoms. The normalized spacial score (nSPS) is 17.2. The molecule has 0 amide bonds. The van der Waals surface area contributed by atoms with Gasteiger partial charge in [0.1, 0.15) is 5.82 Å². The van der Waals surface area contributed by atoms with E-state index in [0.717, 1.165) is 13.1 Å². The molecule has 0 spiro atoms. The Morgan fingerprint density at radius 3 is 2.94 bits per heavy atom. The van der Waals surface area contributed by atoms with Crippen LogP contribution in [0.25, 0.3) is 0 Å². The molecule has 0 aliphatic carbocycles. The number of nitrogens with two attached hydrogens (primary N) is 1. The summed E-state index contributed by atoms with van der Waals surface area (Å²) >= 11 is 0. The zero-order valence-corrected chi connectivity index (χ0v) is 8.79. The van der Waals surface area contributed by atoms with Crippen molar-refractivity contribution in [3.63, 3.8) is 0 Å². The molecule has 1 fully saturated rings. The van der Waals surface area contributed by atoms with Crippen LogP contribution in [0.15, 0.2) is 12.3 Å². The average molecular weight is 231 g/mol. The third-order valence-electron chi connectivity index (χ3n) is 2.60. The van der Waals surface area contributed by atoms with Crippen molar-refractivity contribution in [2.45, 2.75) is 12.0 Å². The van der Waals surface area contributed by atoms with E-state index in [4.69, 9.17) is 5.73 Å². The number of anilines is 1. The first kappa shape index (κ1) is 11.3. The first-order valence-electron chi connectivity index (χ1n) is 5.18. The fourth-order valence-electron chi connectivity index (χ4n) is 1.48. The minimum Gasteiger partial charge on any atom is -0.364 e. The van der Waals surface area contributed by atoms with Crippen molar-refractivity contribution in [1.29, 1.82) is 0 Å². The molecule has 2 rings (SSSR count). The van der Waals surface area contributed by atoms with Crippen molar-refractivity contribution in [3.8, 4) is 0 Å². The van der Waals surface area contributed by atoms with E-state index >= 15 is 0 Å². The van der Waals surface area contributed by atoms with Gasteiger partial charge in [-0.2, -0.15) is 5.10 Å². The predicted molar refractivity (Wildman–Crippen MR) is 56.6 cm³/mol. The van der Waals surface area contributed by atoms with Crippen LogP contribution in [-0.4, -0.2) is 41.9 Å². The Bertz CT molecular complexity index is 347. The summed E-state index contributed by atoms with van der Waals surface area (Å²) < 4.78 is 27.6. The summed E-state index contributed by atoms with van der Waals surface area (Å²) in [7, 11) is 0. The van der Waals surface area contributed by atoms with E-state index in [1.165, 1.54) is 0 Å². The number of aromatic nitrogens is 2. The van der Waals surface area contributed by atoms with Gasteiger partial charge in [-0.1, -0.05) is 0 Å². The third kappa shape index (κ3) is 2.30. The molecule has 4 N–H and O–H groups in total. The molecule has 0 aromatic carbocycles. The fraction of sp³-hybridized carbons (Fsp3) is 0.667. The van der Waals surface area contributed by atoms with E-state index in [9.17, 15) is 8.78 Å². The highest BCUT2D eigenvalue weighted by molar-refractivity contribution is 5.35. The van der Waals surface area contributed by atoms with Crippen molar-refractivity contribution in [2.24, 2.45) is 5.73 Å². The third-order valence-corrected chi connectivity index (χ3v) is 2.60. The van der Waals surface area contributed by atoms with E-state index in [0.29, 0.717) is 5.82 Å². The molecule has 1 aliphatic heterocycles. The molecule has 1 aromatic heterocycles. The van der Waals surface area contributed by atoms with E-state index in [-0.39, 0.29) is 6.04 Å². The SMILES string of the molecule is NCC(F)(F)CNc1ccnn1C1CNC1. The van der Waals surface area contributed by atoms with Crippen LogP contribution in [-0.2, 0) is 0 Å². The number of alkyl halides is 2. The summed E-state index contributed by atoms with van der Waals surface area (Å²) in [5.41, 5.74) is 4.96. The van der Waals surface area contributed by atoms with Crippen LogP contribution < -0.4 is 16.4 Å². The highest BCUT2D eigenvalue weighted by Crippen LogP contribution is 2.19. The zero-order chi connectivity index (χ0) is 11.6. The van der Waals surface area contributed by atoms with Crippen molar-refractivity contribution < 1.29 is 8.78 Å². The fourth-order valence-corrected chi connectivity index (χ4v) is 1.48. The van der Waals surface area contributed by atoms with E-state index < -0.39 is 19.0 Å². The minimum absolute atomic E-state index is 0.254. The second-order valence-corrected chi connectivity index (χ2v) is 3.89. The maximum atomic E-state index is 12.9. The van der Waals surface area contributed by atoms with Crippen LogP contribution in [0, 0.1) is 0 Å². The Hall–Kier alpha value is -1.21. The molecule has 0 atom stereocenters. The maximum absolute atomic E-state index is 12.9. The Balaban J connectivity index is 1.96. The second kappa shape index (κ2) is 4.34. The molecule has 2 heterocycles. The van der Waals surface area contributed by atoms with Gasteiger partial charge in [0.05, 0.1) is 25.3 Å². The lowest BCUT2D eigenvalue weighted by atomic mass is 10.2. The monoisotopic (exact) mass is 231 g/mol. The van der Waals surface area contributed by atoms with Gasteiger partial charge in [0.25, 0.3) is 5.92 Å². The molecule has 0 radical (unpaired) electrons. The smallest absolute Gasteiger partial charge is 0.276 e. The second-order valence-electron chi connectivity index (χ2n) is 3.89. The van der Waals surface area contributed by atoms with Crippen molar-refractivity contribution in [2.75, 3.05) is 31.5 Å². The number of nitrogens with zero attached hydrogens (tertiary/aromatic N) is 2. The number of hydrogen-bond acceptors (Lipinski definition) is 4. The molecule has 1 aromatic rings. The molecular formula is C9H15F2N5. The number of rotatable bonds is 5. The van der Waals surface area contributed by atoms with Crippen molar-refractivity contribution in [1.82, 2.24) is 15.1 Å². The molecular weight excluding hydrogens is 216 g/mol. The Labute approximate surface area is 92.0 Å². The lowest BCUT2D eigenvalue weighted by molar-refractivity contribution is 0.0251. The molecule has 0 saturated carbocycles. The Kier molecular flexibility index (Phi) is 3.06. The van der Waals surface area contributed by atoms with Gasteiger partial charge in [-0.15, -0.1) is 0 Å². The zero-order valence-electron chi connectivity index (χ0n) is 8.79. The first-order valence-corrected chi connectivity index (χ1v) is 5.18. The Morgan fingerprint density at radius 2 is 2.38 bits per heavy atom. The lowest BCUT2D eigenvalue weighted by Gasteiger charge is -2.29.